The van der Waals surface area contributed by atoms with Gasteiger partial charge in [-0.05, 0) is 43.2 Å². The van der Waals surface area contributed by atoms with Gasteiger partial charge in [-0.2, -0.15) is 0 Å². The number of nitrogens with one attached hydrogen (secondary N) is 1. The first kappa shape index (κ1) is 14.6. The van der Waals surface area contributed by atoms with Crippen LogP contribution in [0.3, 0.4) is 0 Å². The summed E-state index contributed by atoms with van der Waals surface area (Å²) in [5, 5.41) is 11.5. The summed E-state index contributed by atoms with van der Waals surface area (Å²) in [6, 6.07) is 0.0434. The number of hydrogen-bond donors (Lipinski definition) is 1. The predicted molar refractivity (Wildman–Crippen MR) is 70.8 cm³/mol. The minimum atomic E-state index is -0.317. The fraction of sp³-hybridized carbons (Fsp3) is 0.818. The van der Waals surface area contributed by atoms with E-state index in [-0.39, 0.29) is 11.6 Å². The first-order valence-corrected chi connectivity index (χ1v) is 6.65. The van der Waals surface area contributed by atoms with Crippen LogP contribution in [-0.4, -0.2) is 33.7 Å². The number of hydrogen-bond acceptors (Lipinski definition) is 4. The normalized spacial score (nSPS) is 14.0. The maximum Gasteiger partial charge on any atom is 0.153 e. The second-order valence-electron chi connectivity index (χ2n) is 4.42. The summed E-state index contributed by atoms with van der Waals surface area (Å²) in [6.07, 6.45) is 0. The maximum atomic E-state index is 5.83. The van der Waals surface area contributed by atoms with Crippen molar-refractivity contribution in [3.8, 4) is 0 Å². The first-order chi connectivity index (χ1) is 7.94. The van der Waals surface area contributed by atoms with Gasteiger partial charge < -0.3 is 10.1 Å². The third kappa shape index (κ3) is 3.26. The lowest BCUT2D eigenvalue weighted by Gasteiger charge is -2.34. The van der Waals surface area contributed by atoms with Gasteiger partial charge in [-0.1, -0.05) is 12.1 Å². The van der Waals surface area contributed by atoms with E-state index in [1.807, 2.05) is 14.0 Å². The molecule has 5 nitrogen and oxygen atoms in total. The summed E-state index contributed by atoms with van der Waals surface area (Å²) < 4.78 is 8.36. The Kier molecular flexibility index (Phi) is 5.09. The Morgan fingerprint density at radius 3 is 2.53 bits per heavy atom. The lowest BCUT2D eigenvalue weighted by molar-refractivity contribution is -0.0408. The van der Waals surface area contributed by atoms with E-state index in [1.165, 1.54) is 0 Å². The molecule has 0 saturated heterocycles. The minimum Gasteiger partial charge on any atom is -0.374 e. The maximum absolute atomic E-state index is 5.83. The summed E-state index contributed by atoms with van der Waals surface area (Å²) >= 11 is 3.44. The highest BCUT2D eigenvalue weighted by atomic mass is 79.9. The van der Waals surface area contributed by atoms with Crippen molar-refractivity contribution in [3.05, 3.63) is 10.3 Å². The van der Waals surface area contributed by atoms with Gasteiger partial charge in [0.2, 0.25) is 0 Å². The van der Waals surface area contributed by atoms with Crippen LogP contribution in [0, 0.1) is 0 Å². The van der Waals surface area contributed by atoms with E-state index in [0.29, 0.717) is 6.61 Å². The van der Waals surface area contributed by atoms with Gasteiger partial charge in [0, 0.05) is 13.7 Å². The van der Waals surface area contributed by atoms with Gasteiger partial charge in [0.1, 0.15) is 0 Å². The van der Waals surface area contributed by atoms with Crippen molar-refractivity contribution < 1.29 is 4.74 Å². The minimum absolute atomic E-state index is 0.0434. The van der Waals surface area contributed by atoms with E-state index in [2.05, 4.69) is 52.3 Å². The number of nitrogens with zero attached hydrogens (tertiary/aromatic N) is 3. The molecule has 6 heteroatoms. The predicted octanol–water partition coefficient (Wildman–Crippen LogP) is 2.04. The Balaban J connectivity index is 3.09. The number of aromatic nitrogens is 3. The summed E-state index contributed by atoms with van der Waals surface area (Å²) in [4.78, 5) is 0. The summed E-state index contributed by atoms with van der Waals surface area (Å²) in [5.41, 5.74) is 0.688. The molecule has 0 radical (unpaired) electrons. The van der Waals surface area contributed by atoms with Crippen LogP contribution in [0.2, 0.25) is 0 Å². The van der Waals surface area contributed by atoms with Crippen LogP contribution in [0.1, 0.15) is 39.4 Å². The van der Waals surface area contributed by atoms with Crippen LogP contribution >= 0.6 is 15.9 Å². The van der Waals surface area contributed by atoms with Gasteiger partial charge in [0.05, 0.1) is 17.3 Å². The highest BCUT2D eigenvalue weighted by Gasteiger charge is 2.34. The van der Waals surface area contributed by atoms with E-state index in [9.17, 15) is 0 Å². The highest BCUT2D eigenvalue weighted by molar-refractivity contribution is 9.10. The molecule has 1 atom stereocenters. The molecule has 0 fully saturated rings. The van der Waals surface area contributed by atoms with Crippen molar-refractivity contribution >= 4 is 15.9 Å². The molecule has 0 aromatic carbocycles. The third-order valence-electron chi connectivity index (χ3n) is 2.72. The molecule has 1 unspecified atom stereocenters. The molecule has 17 heavy (non-hydrogen) atoms. The van der Waals surface area contributed by atoms with E-state index < -0.39 is 0 Å². The molecule has 0 aliphatic carbocycles. The fourth-order valence-electron chi connectivity index (χ4n) is 1.98. The van der Waals surface area contributed by atoms with Crippen molar-refractivity contribution in [2.24, 2.45) is 7.05 Å². The summed E-state index contributed by atoms with van der Waals surface area (Å²) in [5.74, 6) is 0. The molecular formula is C11H21BrN4O. The Hall–Kier alpha value is -0.460. The molecule has 1 heterocycles. The second kappa shape index (κ2) is 5.93. The zero-order valence-electron chi connectivity index (χ0n) is 11.1. The van der Waals surface area contributed by atoms with Gasteiger partial charge in [-0.15, -0.1) is 5.10 Å². The van der Waals surface area contributed by atoms with Crippen LogP contribution in [0.15, 0.2) is 4.60 Å². The Morgan fingerprint density at radius 2 is 2.12 bits per heavy atom. The van der Waals surface area contributed by atoms with Gasteiger partial charge in [0.25, 0.3) is 0 Å². The molecule has 1 aromatic rings. The van der Waals surface area contributed by atoms with Crippen LogP contribution in [0.5, 0.6) is 0 Å². The Bertz CT molecular complexity index is 345. The topological polar surface area (TPSA) is 52.0 Å². The van der Waals surface area contributed by atoms with Crippen LogP contribution < -0.4 is 5.32 Å². The van der Waals surface area contributed by atoms with Gasteiger partial charge in [-0.3, -0.25) is 0 Å². The van der Waals surface area contributed by atoms with E-state index in [4.69, 9.17) is 4.74 Å². The van der Waals surface area contributed by atoms with Crippen molar-refractivity contribution in [3.63, 3.8) is 0 Å². The van der Waals surface area contributed by atoms with Crippen molar-refractivity contribution in [2.45, 2.75) is 39.3 Å². The first-order valence-electron chi connectivity index (χ1n) is 5.86. The van der Waals surface area contributed by atoms with Gasteiger partial charge in [-0.25, -0.2) is 4.68 Å². The molecule has 0 aliphatic heterocycles. The zero-order chi connectivity index (χ0) is 13.1. The fourth-order valence-corrected chi connectivity index (χ4v) is 2.53. The molecule has 0 saturated carbocycles. The van der Waals surface area contributed by atoms with Gasteiger partial charge >= 0.3 is 0 Å². The van der Waals surface area contributed by atoms with Crippen molar-refractivity contribution in [2.75, 3.05) is 13.2 Å². The number of ether oxygens (including phenoxy) is 1. The Labute approximate surface area is 111 Å². The van der Waals surface area contributed by atoms with E-state index in [1.54, 1.807) is 4.68 Å². The average molecular weight is 305 g/mol. The molecule has 1 rings (SSSR count). The van der Waals surface area contributed by atoms with Crippen molar-refractivity contribution in [1.29, 1.82) is 0 Å². The van der Waals surface area contributed by atoms with Crippen LogP contribution in [0.25, 0.3) is 0 Å². The highest BCUT2D eigenvalue weighted by Crippen LogP contribution is 2.31. The Morgan fingerprint density at radius 1 is 1.47 bits per heavy atom. The van der Waals surface area contributed by atoms with E-state index >= 15 is 0 Å². The van der Waals surface area contributed by atoms with Gasteiger partial charge in [0.15, 0.2) is 4.60 Å². The van der Waals surface area contributed by atoms with E-state index in [0.717, 1.165) is 16.8 Å². The number of rotatable bonds is 6. The monoisotopic (exact) mass is 304 g/mol. The molecule has 0 bridgehead atoms. The molecule has 0 spiro atoms. The standard InChI is InChI=1S/C11H21BrN4O/c1-6-13-9(11(3,4)17-7-2)8-10(12)14-15-16(8)5/h9,13H,6-7H2,1-5H3. The molecule has 0 amide bonds. The van der Waals surface area contributed by atoms with Crippen LogP contribution in [0.4, 0.5) is 0 Å². The quantitative estimate of drug-likeness (QED) is 0.874. The lowest BCUT2D eigenvalue weighted by Crippen LogP contribution is -2.42. The molecular weight excluding hydrogens is 284 g/mol. The number of likely N-dealkylation sites (N-methyl/N-ethyl adjacent to an activating group) is 1. The summed E-state index contributed by atoms with van der Waals surface area (Å²) in [7, 11) is 1.89. The second-order valence-corrected chi connectivity index (χ2v) is 5.17. The lowest BCUT2D eigenvalue weighted by atomic mass is 9.95. The number of aryl methyl sites for hydroxylation is 1. The molecule has 98 valence electrons. The SMILES string of the molecule is CCNC(c1c(Br)nnn1C)C(C)(C)OCC. The zero-order valence-corrected chi connectivity index (χ0v) is 12.7. The number of halogens is 1. The summed E-state index contributed by atoms with van der Waals surface area (Å²) in [6.45, 7) is 9.76. The molecule has 0 aliphatic rings. The average Bonchev–Trinajstić information content (AvgIpc) is 2.55. The largest absolute Gasteiger partial charge is 0.374 e. The van der Waals surface area contributed by atoms with Crippen molar-refractivity contribution in [1.82, 2.24) is 20.3 Å². The molecule has 1 N–H and O–H groups in total. The third-order valence-corrected chi connectivity index (χ3v) is 3.28. The van der Waals surface area contributed by atoms with Crippen LogP contribution in [-0.2, 0) is 11.8 Å². The smallest absolute Gasteiger partial charge is 0.153 e. The molecule has 1 aromatic heterocycles.